The van der Waals surface area contributed by atoms with Crippen LogP contribution in [0.15, 0.2) is 66.4 Å². The summed E-state index contributed by atoms with van der Waals surface area (Å²) in [6, 6.07) is 10.2. The molecule has 2 unspecified atom stereocenters. The van der Waals surface area contributed by atoms with E-state index in [9.17, 15) is 42.3 Å². The number of alkyl halides is 3. The van der Waals surface area contributed by atoms with Gasteiger partial charge in [0.05, 0.1) is 12.2 Å². The maximum absolute atomic E-state index is 13.8. The van der Waals surface area contributed by atoms with Crippen molar-refractivity contribution in [3.63, 3.8) is 0 Å². The molecule has 17 heteroatoms. The Labute approximate surface area is 242 Å². The molecular weight excluding hydrogens is 602 g/mol. The normalized spacial score (nSPS) is 24.2. The molecule has 4 rings (SSSR count). The van der Waals surface area contributed by atoms with E-state index >= 15 is 0 Å². The lowest BCUT2D eigenvalue weighted by molar-refractivity contribution is -0.212. The van der Waals surface area contributed by atoms with E-state index in [2.05, 4.69) is 9.82 Å². The third-order valence-electron chi connectivity index (χ3n) is 6.42. The number of nitrogens with zero attached hydrogens (tertiary/aromatic N) is 1. The Hall–Kier alpha value is -3.95. The van der Waals surface area contributed by atoms with Gasteiger partial charge in [0, 0.05) is 18.1 Å². The zero-order valence-electron chi connectivity index (χ0n) is 22.3. The number of aliphatic carboxylic acids is 1. The van der Waals surface area contributed by atoms with Crippen LogP contribution in [0.1, 0.15) is 6.92 Å². The van der Waals surface area contributed by atoms with Crippen molar-refractivity contribution in [1.82, 2.24) is 9.99 Å². The predicted molar refractivity (Wildman–Crippen MR) is 142 cm³/mol. The number of aliphatic hydroxyl groups is 1. The van der Waals surface area contributed by atoms with Crippen molar-refractivity contribution >= 4 is 36.4 Å². The van der Waals surface area contributed by atoms with Gasteiger partial charge < -0.3 is 34.8 Å². The number of rotatable bonds is 11. The van der Waals surface area contributed by atoms with Gasteiger partial charge in [-0.3, -0.25) is 14.1 Å². The van der Waals surface area contributed by atoms with Gasteiger partial charge in [0.1, 0.15) is 24.0 Å². The second-order valence-corrected chi connectivity index (χ2v) is 11.2. The van der Waals surface area contributed by atoms with Crippen molar-refractivity contribution < 1.29 is 60.9 Å². The molecule has 6 atom stereocenters. The number of esters is 1. The Morgan fingerprint density at radius 2 is 1.91 bits per heavy atom. The summed E-state index contributed by atoms with van der Waals surface area (Å²) in [6.45, 7) is 0.304. The second-order valence-electron chi connectivity index (χ2n) is 9.52. The highest BCUT2D eigenvalue weighted by atomic mass is 31.2. The maximum atomic E-state index is 13.8. The van der Waals surface area contributed by atoms with Gasteiger partial charge in [-0.2, -0.15) is 18.3 Å². The first-order chi connectivity index (χ1) is 20.2. The lowest BCUT2D eigenvalue weighted by Crippen LogP contribution is -2.47. The van der Waals surface area contributed by atoms with Gasteiger partial charge in [-0.05, 0) is 18.4 Å². The zero-order chi connectivity index (χ0) is 31.5. The Morgan fingerprint density at radius 1 is 1.21 bits per heavy atom. The molecule has 5 N–H and O–H groups in total. The number of nitrogens with two attached hydrogens (primary N) is 1. The molecule has 1 saturated heterocycles. The molecular formula is C26H27F3N3O10P. The molecule has 0 saturated carbocycles. The van der Waals surface area contributed by atoms with Gasteiger partial charge >= 0.3 is 25.9 Å². The minimum absolute atomic E-state index is 0.0395. The number of nitrogens with one attached hydrogen (secondary N) is 1. The number of hydrogen-bond donors (Lipinski definition) is 4. The number of benzene rings is 2. The number of amides is 1. The van der Waals surface area contributed by atoms with Crippen LogP contribution >= 0.6 is 7.75 Å². The number of primary amides is 1. The summed E-state index contributed by atoms with van der Waals surface area (Å²) in [5.74, 6) is -4.83. The third kappa shape index (κ3) is 7.53. The van der Waals surface area contributed by atoms with Gasteiger partial charge in [0.25, 0.3) is 0 Å². The standard InChI is InChI=1S/C26H27F3N3O10P/c1-14(24(35)36)31-43(38,42-18-10-4-7-15-6-2-3-9-17(15)18)39-13-19-20(33)21(41-25(37)26(27,28)29)23(40-19)32-11-5-8-16(12-32)22(30)34/h2-10,12,14,19-21,23,33H,11,13H2,1H3,(H2,30,34)(H,31,38)(H,35,36)/t14-,19?,20-,21+,23+,43?/m0/s1. The summed E-state index contributed by atoms with van der Waals surface area (Å²) in [7, 11) is -4.59. The minimum Gasteiger partial charge on any atom is -0.480 e. The molecule has 0 spiro atoms. The number of hydrogen-bond acceptors (Lipinski definition) is 10. The van der Waals surface area contributed by atoms with E-state index in [0.717, 1.165) is 6.20 Å². The van der Waals surface area contributed by atoms with Crippen LogP contribution in [0.4, 0.5) is 13.2 Å². The van der Waals surface area contributed by atoms with E-state index in [1.54, 1.807) is 36.4 Å². The number of carbonyl (C=O) groups excluding carboxylic acids is 2. The quantitative estimate of drug-likeness (QED) is 0.210. The van der Waals surface area contributed by atoms with Crippen molar-refractivity contribution in [2.24, 2.45) is 5.73 Å². The average molecular weight is 629 g/mol. The van der Waals surface area contributed by atoms with Crippen molar-refractivity contribution in [2.45, 2.75) is 43.7 Å². The number of carboxylic acid groups (broad SMARTS) is 1. The molecule has 2 aromatic rings. The molecule has 2 aliphatic rings. The molecule has 0 bridgehead atoms. The molecule has 0 aromatic heterocycles. The van der Waals surface area contributed by atoms with Crippen molar-refractivity contribution in [3.8, 4) is 5.75 Å². The van der Waals surface area contributed by atoms with Crippen molar-refractivity contribution in [2.75, 3.05) is 13.2 Å². The molecule has 232 valence electrons. The largest absolute Gasteiger partial charge is 0.490 e. The molecule has 1 fully saturated rings. The number of carbonyl (C=O) groups is 3. The van der Waals surface area contributed by atoms with E-state index in [-0.39, 0.29) is 17.9 Å². The van der Waals surface area contributed by atoms with Crippen molar-refractivity contribution in [3.05, 3.63) is 66.4 Å². The first-order valence-electron chi connectivity index (χ1n) is 12.7. The Morgan fingerprint density at radius 3 is 2.58 bits per heavy atom. The van der Waals surface area contributed by atoms with Gasteiger partial charge in [-0.1, -0.05) is 48.6 Å². The molecule has 0 aliphatic carbocycles. The lowest BCUT2D eigenvalue weighted by Gasteiger charge is -2.32. The van der Waals surface area contributed by atoms with E-state index in [4.69, 9.17) is 19.5 Å². The monoisotopic (exact) mass is 629 g/mol. The third-order valence-corrected chi connectivity index (χ3v) is 8.05. The van der Waals surface area contributed by atoms with Crippen LogP contribution in [-0.2, 0) is 32.9 Å². The maximum Gasteiger partial charge on any atom is 0.490 e. The fraction of sp³-hybridized carbons (Fsp3) is 0.346. The molecule has 43 heavy (non-hydrogen) atoms. The summed E-state index contributed by atoms with van der Waals surface area (Å²) in [4.78, 5) is 36.0. The van der Waals surface area contributed by atoms with Gasteiger partial charge in [-0.25, -0.2) is 9.36 Å². The highest BCUT2D eigenvalue weighted by Crippen LogP contribution is 2.47. The van der Waals surface area contributed by atoms with Crippen LogP contribution in [0.2, 0.25) is 0 Å². The molecule has 2 aliphatic heterocycles. The number of aliphatic hydroxyl groups excluding tert-OH is 1. The Balaban J connectivity index is 1.60. The van der Waals surface area contributed by atoms with Gasteiger partial charge in [-0.15, -0.1) is 0 Å². The van der Waals surface area contributed by atoms with Crippen molar-refractivity contribution in [1.29, 1.82) is 0 Å². The van der Waals surface area contributed by atoms with Crippen LogP contribution in [0.3, 0.4) is 0 Å². The van der Waals surface area contributed by atoms with E-state index in [0.29, 0.717) is 10.8 Å². The predicted octanol–water partition coefficient (Wildman–Crippen LogP) is 2.21. The van der Waals surface area contributed by atoms with Gasteiger partial charge in [0.15, 0.2) is 12.3 Å². The number of carboxylic acids is 1. The summed E-state index contributed by atoms with van der Waals surface area (Å²) >= 11 is 0. The number of ether oxygens (including phenoxy) is 2. The number of fused-ring (bicyclic) bond motifs is 1. The zero-order valence-corrected chi connectivity index (χ0v) is 23.2. The van der Waals surface area contributed by atoms with Crippen LogP contribution in [-0.4, -0.2) is 82.9 Å². The first kappa shape index (κ1) is 32.0. The minimum atomic E-state index is -5.41. The average Bonchev–Trinajstić information content (AvgIpc) is 3.26. The summed E-state index contributed by atoms with van der Waals surface area (Å²) in [5.41, 5.74) is 5.24. The van der Waals surface area contributed by atoms with Crippen LogP contribution < -0.4 is 15.3 Å². The number of halogens is 3. The van der Waals surface area contributed by atoms with Crippen LogP contribution in [0.25, 0.3) is 10.8 Å². The Bertz CT molecular complexity index is 1500. The summed E-state index contributed by atoms with van der Waals surface area (Å²) in [5, 5.41) is 23.7. The van der Waals surface area contributed by atoms with E-state index in [1.807, 2.05) is 0 Å². The smallest absolute Gasteiger partial charge is 0.480 e. The SMILES string of the molecule is C[C@H](NP(=O)(OCC1O[C@@H](N2C=C(C(N)=O)C=CC2)[C@H](OC(=O)C(F)(F)F)[C@H]1O)Oc1cccc2ccccc12)C(=O)O. The van der Waals surface area contributed by atoms with Crippen LogP contribution in [0.5, 0.6) is 5.75 Å². The Kier molecular flexibility index (Phi) is 9.47. The highest BCUT2D eigenvalue weighted by Gasteiger charge is 2.53. The molecule has 0 radical (unpaired) electrons. The molecule has 1 amide bonds. The summed E-state index contributed by atoms with van der Waals surface area (Å²) < 4.78 is 74.3. The van der Waals surface area contributed by atoms with Crippen LogP contribution in [0, 0.1) is 0 Å². The molecule has 2 heterocycles. The second kappa shape index (κ2) is 12.7. The van der Waals surface area contributed by atoms with E-state index in [1.165, 1.54) is 30.0 Å². The first-order valence-corrected chi connectivity index (χ1v) is 14.2. The fourth-order valence-corrected chi connectivity index (χ4v) is 5.82. The van der Waals surface area contributed by atoms with E-state index < -0.39 is 69.0 Å². The topological polar surface area (TPSA) is 187 Å². The lowest BCUT2D eigenvalue weighted by atomic mass is 10.1. The fourth-order valence-electron chi connectivity index (χ4n) is 4.30. The van der Waals surface area contributed by atoms with Gasteiger partial charge in [0.2, 0.25) is 5.91 Å². The molecule has 2 aromatic carbocycles. The summed E-state index contributed by atoms with van der Waals surface area (Å²) in [6.07, 6.45) is -8.52. The highest BCUT2D eigenvalue weighted by molar-refractivity contribution is 7.52. The molecule has 13 nitrogen and oxygen atoms in total.